The number of thioether (sulfide) groups is 2. The third kappa shape index (κ3) is 3.25. The van der Waals surface area contributed by atoms with Gasteiger partial charge in [-0.3, -0.25) is 9.59 Å². The largest absolute Gasteiger partial charge is 0.326 e. The number of benzene rings is 1. The molecule has 1 saturated heterocycles. The molecule has 2 aliphatic carbocycles. The van der Waals surface area contributed by atoms with Gasteiger partial charge >= 0.3 is 0 Å². The van der Waals surface area contributed by atoms with Crippen LogP contribution in [0.15, 0.2) is 24.3 Å². The Morgan fingerprint density at radius 2 is 1.80 bits per heavy atom. The van der Waals surface area contributed by atoms with Crippen molar-refractivity contribution in [2.45, 2.75) is 43.1 Å². The number of amides is 1. The average molecular weight is 376 g/mol. The van der Waals surface area contributed by atoms with Crippen molar-refractivity contribution >= 4 is 40.9 Å². The molecular formula is C20H25NO2S2. The van der Waals surface area contributed by atoms with Gasteiger partial charge in [-0.25, -0.2) is 0 Å². The molecule has 1 aromatic carbocycles. The van der Waals surface area contributed by atoms with Crippen LogP contribution >= 0.6 is 23.5 Å². The van der Waals surface area contributed by atoms with E-state index in [0.717, 1.165) is 18.5 Å². The number of Topliss-reactive ketones (excluding diaryl/α,β-unsaturated/α-hetero) is 1. The smallest absolute Gasteiger partial charge is 0.227 e. The van der Waals surface area contributed by atoms with E-state index in [0.29, 0.717) is 21.5 Å². The van der Waals surface area contributed by atoms with Crippen LogP contribution in [0.2, 0.25) is 0 Å². The fraction of sp³-hybridized carbons (Fsp3) is 0.600. The number of ketones is 1. The molecule has 2 atom stereocenters. The second kappa shape index (κ2) is 6.99. The number of carbonyl (C=O) groups is 2. The first kappa shape index (κ1) is 17.5. The van der Waals surface area contributed by atoms with E-state index < -0.39 is 0 Å². The molecule has 2 unspecified atom stereocenters. The predicted octanol–water partition coefficient (Wildman–Crippen LogP) is 4.83. The number of hydrogen-bond acceptors (Lipinski definition) is 4. The number of rotatable bonds is 3. The van der Waals surface area contributed by atoms with Crippen LogP contribution in [0.1, 0.15) is 49.4 Å². The number of anilines is 1. The topological polar surface area (TPSA) is 46.2 Å². The molecule has 3 nitrogen and oxygen atoms in total. The second-order valence-corrected chi connectivity index (χ2v) is 10.5. The summed E-state index contributed by atoms with van der Waals surface area (Å²) in [6.07, 6.45) is 5.93. The van der Waals surface area contributed by atoms with Gasteiger partial charge in [0.25, 0.3) is 0 Å². The van der Waals surface area contributed by atoms with Crippen molar-refractivity contribution in [1.82, 2.24) is 0 Å². The van der Waals surface area contributed by atoms with Gasteiger partial charge in [0.1, 0.15) is 0 Å². The minimum atomic E-state index is 0.0283. The lowest BCUT2D eigenvalue weighted by Crippen LogP contribution is -2.48. The lowest BCUT2D eigenvalue weighted by molar-refractivity contribution is -0.122. The van der Waals surface area contributed by atoms with E-state index in [1.165, 1.54) is 30.8 Å². The minimum absolute atomic E-state index is 0.0283. The van der Waals surface area contributed by atoms with Crippen LogP contribution in [0.4, 0.5) is 5.69 Å². The minimum Gasteiger partial charge on any atom is -0.326 e. The summed E-state index contributed by atoms with van der Waals surface area (Å²) in [5.41, 5.74) is 1.39. The highest BCUT2D eigenvalue weighted by atomic mass is 32.2. The molecule has 25 heavy (non-hydrogen) atoms. The van der Waals surface area contributed by atoms with E-state index in [-0.39, 0.29) is 17.6 Å². The monoisotopic (exact) mass is 375 g/mol. The molecule has 1 aromatic rings. The van der Waals surface area contributed by atoms with Crippen molar-refractivity contribution < 1.29 is 9.59 Å². The van der Waals surface area contributed by atoms with Crippen LogP contribution in [0, 0.1) is 17.8 Å². The summed E-state index contributed by atoms with van der Waals surface area (Å²) in [5, 5.41) is 3.07. The Kier molecular flexibility index (Phi) is 4.89. The first-order valence-electron chi connectivity index (χ1n) is 9.28. The Morgan fingerprint density at radius 3 is 2.44 bits per heavy atom. The standard InChI is InChI=1S/C20H25NO2S2/c1-13(22)14-4-2-7-18(12-14)21-19(23)15-10-16-5-3-6-17(11-15)20(16)24-8-9-25-20/h2,4,7,12,15-17H,3,5-6,8-11H2,1H3,(H,21,23). The van der Waals surface area contributed by atoms with Gasteiger partial charge in [0, 0.05) is 28.7 Å². The van der Waals surface area contributed by atoms with Gasteiger partial charge in [0.2, 0.25) is 5.91 Å². The number of hydrogen-bond donors (Lipinski definition) is 1. The molecule has 5 heteroatoms. The molecular weight excluding hydrogens is 350 g/mol. The van der Waals surface area contributed by atoms with Crippen molar-refractivity contribution in [1.29, 1.82) is 0 Å². The highest BCUT2D eigenvalue weighted by Gasteiger charge is 2.55. The van der Waals surface area contributed by atoms with Gasteiger partial charge in [-0.1, -0.05) is 18.6 Å². The molecule has 1 aliphatic heterocycles. The summed E-state index contributed by atoms with van der Waals surface area (Å²) in [5.74, 6) is 4.18. The molecule has 1 amide bonds. The Bertz CT molecular complexity index is 668. The van der Waals surface area contributed by atoms with E-state index in [9.17, 15) is 9.59 Å². The van der Waals surface area contributed by atoms with E-state index in [1.807, 2.05) is 12.1 Å². The number of carbonyl (C=O) groups excluding carboxylic acids is 2. The molecule has 3 aliphatic rings. The maximum Gasteiger partial charge on any atom is 0.227 e. The highest BCUT2D eigenvalue weighted by molar-refractivity contribution is 8.21. The van der Waals surface area contributed by atoms with Gasteiger partial charge in [-0.05, 0) is 56.6 Å². The van der Waals surface area contributed by atoms with E-state index >= 15 is 0 Å². The molecule has 1 heterocycles. The lowest BCUT2D eigenvalue weighted by atomic mass is 9.67. The third-order valence-corrected chi connectivity index (χ3v) is 10.0. The number of nitrogens with one attached hydrogen (secondary N) is 1. The fourth-order valence-corrected chi connectivity index (χ4v) is 8.82. The maximum absolute atomic E-state index is 12.9. The molecule has 4 rings (SSSR count). The zero-order valence-electron chi connectivity index (χ0n) is 14.6. The first-order chi connectivity index (χ1) is 12.1. The maximum atomic E-state index is 12.9. The predicted molar refractivity (Wildman–Crippen MR) is 106 cm³/mol. The molecule has 2 saturated carbocycles. The third-order valence-electron chi connectivity index (χ3n) is 6.03. The summed E-state index contributed by atoms with van der Waals surface area (Å²) in [7, 11) is 0. The molecule has 134 valence electrons. The van der Waals surface area contributed by atoms with Crippen LogP contribution in [-0.2, 0) is 4.79 Å². The first-order valence-corrected chi connectivity index (χ1v) is 11.3. The SMILES string of the molecule is CC(=O)c1cccc(NC(=O)C2CC3CCCC(C2)C32SCCS2)c1. The second-order valence-electron chi connectivity index (χ2n) is 7.54. The van der Waals surface area contributed by atoms with Crippen molar-refractivity contribution in [3.8, 4) is 0 Å². The summed E-state index contributed by atoms with van der Waals surface area (Å²) >= 11 is 4.35. The Labute approximate surface area is 158 Å². The highest BCUT2D eigenvalue weighted by Crippen LogP contribution is 2.64. The quantitative estimate of drug-likeness (QED) is 0.769. The average Bonchev–Trinajstić information content (AvgIpc) is 3.04. The van der Waals surface area contributed by atoms with Crippen LogP contribution in [-0.4, -0.2) is 27.3 Å². The molecule has 0 aromatic heterocycles. The van der Waals surface area contributed by atoms with Gasteiger partial charge in [-0.2, -0.15) is 0 Å². The zero-order valence-corrected chi connectivity index (χ0v) is 16.3. The van der Waals surface area contributed by atoms with E-state index in [1.54, 1.807) is 19.1 Å². The normalized spacial score (nSPS) is 30.2. The van der Waals surface area contributed by atoms with Gasteiger partial charge in [0.15, 0.2) is 5.78 Å². The zero-order chi connectivity index (χ0) is 17.4. The van der Waals surface area contributed by atoms with E-state index in [4.69, 9.17) is 0 Å². The van der Waals surface area contributed by atoms with E-state index in [2.05, 4.69) is 28.8 Å². The molecule has 2 bridgehead atoms. The Balaban J connectivity index is 1.47. The summed E-state index contributed by atoms with van der Waals surface area (Å²) in [6, 6.07) is 7.29. The summed E-state index contributed by atoms with van der Waals surface area (Å²) in [4.78, 5) is 24.4. The van der Waals surface area contributed by atoms with Crippen molar-refractivity contribution in [3.05, 3.63) is 29.8 Å². The summed E-state index contributed by atoms with van der Waals surface area (Å²) < 4.78 is 0.406. The van der Waals surface area contributed by atoms with Crippen molar-refractivity contribution in [3.63, 3.8) is 0 Å². The van der Waals surface area contributed by atoms with Gasteiger partial charge in [-0.15, -0.1) is 23.5 Å². The van der Waals surface area contributed by atoms with Gasteiger partial charge in [0.05, 0.1) is 4.08 Å². The van der Waals surface area contributed by atoms with Crippen LogP contribution in [0.3, 0.4) is 0 Å². The molecule has 1 N–H and O–H groups in total. The molecule has 0 radical (unpaired) electrons. The molecule has 3 fully saturated rings. The van der Waals surface area contributed by atoms with Crippen molar-refractivity contribution in [2.24, 2.45) is 17.8 Å². The van der Waals surface area contributed by atoms with Gasteiger partial charge < -0.3 is 5.32 Å². The molecule has 1 spiro atoms. The van der Waals surface area contributed by atoms with Crippen LogP contribution in [0.25, 0.3) is 0 Å². The fourth-order valence-electron chi connectivity index (χ4n) is 4.88. The van der Waals surface area contributed by atoms with Crippen LogP contribution in [0.5, 0.6) is 0 Å². The lowest BCUT2D eigenvalue weighted by Gasteiger charge is -2.52. The Morgan fingerprint density at radius 1 is 1.12 bits per heavy atom. The van der Waals surface area contributed by atoms with Crippen molar-refractivity contribution in [2.75, 3.05) is 16.8 Å². The van der Waals surface area contributed by atoms with Crippen LogP contribution < -0.4 is 5.32 Å². The summed E-state index contributed by atoms with van der Waals surface area (Å²) in [6.45, 7) is 1.56. The Hall–Kier alpha value is -0.940.